The molecule has 17 heavy (non-hydrogen) atoms. The van der Waals surface area contributed by atoms with Crippen LogP contribution in [0.1, 0.15) is 32.3 Å². The molecule has 0 saturated heterocycles. The minimum atomic E-state index is -0.169. The number of benzene rings is 1. The summed E-state index contributed by atoms with van der Waals surface area (Å²) in [6.07, 6.45) is 2.20. The van der Waals surface area contributed by atoms with E-state index in [1.165, 1.54) is 6.07 Å². The van der Waals surface area contributed by atoms with Crippen molar-refractivity contribution in [1.29, 1.82) is 0 Å². The zero-order chi connectivity index (χ0) is 12.7. The number of alkyl halides is 1. The van der Waals surface area contributed by atoms with Crippen LogP contribution in [0, 0.1) is 5.82 Å². The smallest absolute Gasteiger partial charge is 0.123 e. The molecule has 0 amide bonds. The lowest BCUT2D eigenvalue weighted by atomic mass is 10.1. The molecule has 0 spiro atoms. The van der Waals surface area contributed by atoms with Gasteiger partial charge in [-0.2, -0.15) is 0 Å². The Morgan fingerprint density at radius 2 is 2.00 bits per heavy atom. The van der Waals surface area contributed by atoms with Crippen molar-refractivity contribution >= 4 is 11.6 Å². The van der Waals surface area contributed by atoms with Crippen LogP contribution in [0.5, 0.6) is 0 Å². The third kappa shape index (κ3) is 4.64. The number of hydrogen-bond donors (Lipinski definition) is 0. The second-order valence-corrected chi connectivity index (χ2v) is 4.64. The largest absolute Gasteiger partial charge is 0.295 e. The molecule has 1 nitrogen and oxygen atoms in total. The normalized spacial score (nSPS) is 11.4. The van der Waals surface area contributed by atoms with Crippen molar-refractivity contribution in [2.75, 3.05) is 12.4 Å². The molecule has 0 unspecified atom stereocenters. The molecule has 1 aromatic rings. The molecule has 1 aromatic carbocycles. The van der Waals surface area contributed by atoms with Gasteiger partial charge < -0.3 is 0 Å². The monoisotopic (exact) mass is 257 g/mol. The number of nitrogens with zero attached hydrogens (tertiary/aromatic N) is 1. The van der Waals surface area contributed by atoms with Crippen LogP contribution in [0.3, 0.4) is 0 Å². The molecule has 1 rings (SSSR count). The van der Waals surface area contributed by atoms with Gasteiger partial charge in [0.1, 0.15) is 5.82 Å². The molecule has 0 heterocycles. The van der Waals surface area contributed by atoms with E-state index in [1.807, 2.05) is 6.07 Å². The second kappa shape index (κ2) is 7.67. The summed E-state index contributed by atoms with van der Waals surface area (Å²) in [5.41, 5.74) is 1.02. The maximum Gasteiger partial charge on any atom is 0.123 e. The average Bonchev–Trinajstić information content (AvgIpc) is 2.31. The highest BCUT2D eigenvalue weighted by Crippen LogP contribution is 2.14. The molecular weight excluding hydrogens is 237 g/mol. The van der Waals surface area contributed by atoms with Crippen LogP contribution in [0.4, 0.5) is 4.39 Å². The van der Waals surface area contributed by atoms with Crippen LogP contribution in [0.2, 0.25) is 0 Å². The Balaban J connectivity index is 2.71. The van der Waals surface area contributed by atoms with Gasteiger partial charge in [0.05, 0.1) is 0 Å². The van der Waals surface area contributed by atoms with Gasteiger partial charge in [0.25, 0.3) is 0 Å². The maximum absolute atomic E-state index is 13.1. The fraction of sp³-hybridized carbons (Fsp3) is 0.571. The second-order valence-electron chi connectivity index (χ2n) is 4.26. The Morgan fingerprint density at radius 1 is 1.29 bits per heavy atom. The van der Waals surface area contributed by atoms with Crippen LogP contribution < -0.4 is 0 Å². The summed E-state index contributed by atoms with van der Waals surface area (Å²) in [5, 5.41) is 0. The summed E-state index contributed by atoms with van der Waals surface area (Å²) in [7, 11) is 0. The fourth-order valence-corrected chi connectivity index (χ4v) is 2.39. The van der Waals surface area contributed by atoms with Crippen LogP contribution in [-0.4, -0.2) is 23.4 Å². The van der Waals surface area contributed by atoms with E-state index in [0.29, 0.717) is 11.9 Å². The zero-order valence-corrected chi connectivity index (χ0v) is 11.4. The van der Waals surface area contributed by atoms with Crippen LogP contribution in [0.15, 0.2) is 24.3 Å². The molecule has 0 bridgehead atoms. The Morgan fingerprint density at radius 3 is 2.53 bits per heavy atom. The van der Waals surface area contributed by atoms with E-state index < -0.39 is 0 Å². The molecule has 0 radical (unpaired) electrons. The fourth-order valence-electron chi connectivity index (χ4n) is 2.17. The van der Waals surface area contributed by atoms with E-state index in [0.717, 1.165) is 31.5 Å². The Labute approximate surface area is 109 Å². The SMILES string of the molecule is CCC(CC)N(CCCl)Cc1cccc(F)c1. The van der Waals surface area contributed by atoms with Crippen molar-refractivity contribution in [3.05, 3.63) is 35.6 Å². The van der Waals surface area contributed by atoms with Gasteiger partial charge in [-0.15, -0.1) is 11.6 Å². The van der Waals surface area contributed by atoms with Gasteiger partial charge in [-0.25, -0.2) is 4.39 Å². The summed E-state index contributed by atoms with van der Waals surface area (Å²) in [4.78, 5) is 2.34. The number of rotatable bonds is 7. The molecule has 0 atom stereocenters. The highest BCUT2D eigenvalue weighted by Gasteiger charge is 2.14. The van der Waals surface area contributed by atoms with E-state index in [1.54, 1.807) is 12.1 Å². The predicted octanol–water partition coefficient (Wildman–Crippen LogP) is 4.06. The third-order valence-electron chi connectivity index (χ3n) is 3.11. The number of halogens is 2. The first-order chi connectivity index (χ1) is 8.21. The maximum atomic E-state index is 13.1. The van der Waals surface area contributed by atoms with Crippen molar-refractivity contribution in [3.8, 4) is 0 Å². The molecule has 0 fully saturated rings. The first-order valence-corrected chi connectivity index (χ1v) is 6.79. The first-order valence-electron chi connectivity index (χ1n) is 6.25. The molecule has 0 saturated carbocycles. The van der Waals surface area contributed by atoms with Crippen molar-refractivity contribution in [2.24, 2.45) is 0 Å². The van der Waals surface area contributed by atoms with Gasteiger partial charge >= 0.3 is 0 Å². The minimum absolute atomic E-state index is 0.169. The van der Waals surface area contributed by atoms with Crippen molar-refractivity contribution in [2.45, 2.75) is 39.3 Å². The first kappa shape index (κ1) is 14.5. The topological polar surface area (TPSA) is 3.24 Å². The average molecular weight is 258 g/mol. The summed E-state index contributed by atoms with van der Waals surface area (Å²) in [6, 6.07) is 7.33. The molecule has 3 heteroatoms. The highest BCUT2D eigenvalue weighted by molar-refractivity contribution is 6.18. The van der Waals surface area contributed by atoms with Crippen LogP contribution >= 0.6 is 11.6 Å². The lowest BCUT2D eigenvalue weighted by Crippen LogP contribution is -2.35. The van der Waals surface area contributed by atoms with Crippen LogP contribution in [-0.2, 0) is 6.54 Å². The Hall–Kier alpha value is -0.600. The molecule has 0 aliphatic heterocycles. The van der Waals surface area contributed by atoms with E-state index in [-0.39, 0.29) is 5.82 Å². The van der Waals surface area contributed by atoms with Gasteiger partial charge in [0, 0.05) is 25.0 Å². The number of hydrogen-bond acceptors (Lipinski definition) is 1. The summed E-state index contributed by atoms with van der Waals surface area (Å²) < 4.78 is 13.1. The molecule has 96 valence electrons. The third-order valence-corrected chi connectivity index (χ3v) is 3.27. The van der Waals surface area contributed by atoms with E-state index in [9.17, 15) is 4.39 Å². The molecule has 0 N–H and O–H groups in total. The molecular formula is C14H21ClFN. The molecule has 0 aromatic heterocycles. The minimum Gasteiger partial charge on any atom is -0.295 e. The predicted molar refractivity (Wildman–Crippen MR) is 71.9 cm³/mol. The van der Waals surface area contributed by atoms with E-state index >= 15 is 0 Å². The van der Waals surface area contributed by atoms with E-state index in [4.69, 9.17) is 11.6 Å². The van der Waals surface area contributed by atoms with Gasteiger partial charge in [0.15, 0.2) is 0 Å². The molecule has 0 aliphatic rings. The highest BCUT2D eigenvalue weighted by atomic mass is 35.5. The Bertz CT molecular complexity index is 326. The van der Waals surface area contributed by atoms with Gasteiger partial charge in [-0.1, -0.05) is 26.0 Å². The summed E-state index contributed by atoms with van der Waals surface area (Å²) >= 11 is 5.84. The summed E-state index contributed by atoms with van der Waals surface area (Å²) in [6.45, 7) is 5.99. The van der Waals surface area contributed by atoms with Crippen molar-refractivity contribution in [1.82, 2.24) is 4.90 Å². The van der Waals surface area contributed by atoms with Crippen molar-refractivity contribution in [3.63, 3.8) is 0 Å². The van der Waals surface area contributed by atoms with Gasteiger partial charge in [-0.3, -0.25) is 4.90 Å². The lowest BCUT2D eigenvalue weighted by Gasteiger charge is -2.29. The molecule has 0 aliphatic carbocycles. The van der Waals surface area contributed by atoms with Crippen molar-refractivity contribution < 1.29 is 4.39 Å². The van der Waals surface area contributed by atoms with Gasteiger partial charge in [-0.05, 0) is 30.5 Å². The lowest BCUT2D eigenvalue weighted by molar-refractivity contribution is 0.188. The van der Waals surface area contributed by atoms with Crippen LogP contribution in [0.25, 0.3) is 0 Å². The van der Waals surface area contributed by atoms with Gasteiger partial charge in [0.2, 0.25) is 0 Å². The summed E-state index contributed by atoms with van der Waals surface area (Å²) in [5.74, 6) is 0.448. The quantitative estimate of drug-likeness (QED) is 0.666. The van der Waals surface area contributed by atoms with E-state index in [2.05, 4.69) is 18.7 Å². The Kier molecular flexibility index (Phi) is 6.53. The zero-order valence-electron chi connectivity index (χ0n) is 10.6. The standard InChI is InChI=1S/C14H21ClFN/c1-3-14(4-2)17(9-8-15)11-12-6-5-7-13(16)10-12/h5-7,10,14H,3-4,8-9,11H2,1-2H3.